The van der Waals surface area contributed by atoms with Crippen molar-refractivity contribution in [3.63, 3.8) is 0 Å². The van der Waals surface area contributed by atoms with Crippen LogP contribution in [-0.2, 0) is 6.42 Å². The number of rotatable bonds is 11. The van der Waals surface area contributed by atoms with Gasteiger partial charge < -0.3 is 9.84 Å². The monoisotopic (exact) mass is 312 g/mol. The highest BCUT2D eigenvalue weighted by Crippen LogP contribution is 2.15. The number of aryl methyl sites for hydroxylation is 1. The van der Waals surface area contributed by atoms with E-state index in [-0.39, 0.29) is 28.9 Å². The second kappa shape index (κ2) is 18.0. The minimum Gasteiger partial charge on any atom is -0.491 e. The van der Waals surface area contributed by atoms with Gasteiger partial charge in [0.1, 0.15) is 12.4 Å². The van der Waals surface area contributed by atoms with E-state index in [0.717, 1.165) is 12.2 Å². The zero-order valence-corrected chi connectivity index (χ0v) is 12.2. The first kappa shape index (κ1) is 25.9. The maximum atomic E-state index is 8.68. The number of aliphatic hydroxyl groups is 1. The van der Waals surface area contributed by atoms with Crippen LogP contribution >= 0.6 is 0 Å². The largest absolute Gasteiger partial charge is 0.491 e. The Morgan fingerprint density at radius 3 is 1.91 bits per heavy atom. The lowest BCUT2D eigenvalue weighted by atomic mass is 10.0. The molecule has 0 spiro atoms. The fraction of sp³-hybridized carbons (Fsp3) is 0.700. The topological polar surface area (TPSA) is 29.5 Å². The van der Waals surface area contributed by atoms with E-state index >= 15 is 0 Å². The predicted molar refractivity (Wildman–Crippen MR) is 101 cm³/mol. The van der Waals surface area contributed by atoms with Gasteiger partial charge in [-0.2, -0.15) is 0 Å². The van der Waals surface area contributed by atoms with Gasteiger partial charge in [-0.25, -0.2) is 0 Å². The van der Waals surface area contributed by atoms with Crippen molar-refractivity contribution < 1.29 is 9.84 Å². The SMILES string of the molecule is C.C.C.CCCCCCCCCc1ccc(OCCO)cc1. The zero-order chi connectivity index (χ0) is 13.8. The van der Waals surface area contributed by atoms with E-state index in [9.17, 15) is 0 Å². The molecule has 22 heavy (non-hydrogen) atoms. The highest BCUT2D eigenvalue weighted by Gasteiger charge is 1.96. The Balaban J connectivity index is -0.00000120. The van der Waals surface area contributed by atoms with Gasteiger partial charge >= 0.3 is 0 Å². The van der Waals surface area contributed by atoms with Gasteiger partial charge in [-0.15, -0.1) is 0 Å². The molecule has 1 aromatic carbocycles. The summed E-state index contributed by atoms with van der Waals surface area (Å²) in [5.74, 6) is 0.845. The second-order valence-electron chi connectivity index (χ2n) is 5.09. The van der Waals surface area contributed by atoms with Crippen molar-refractivity contribution in [3.05, 3.63) is 29.8 Å². The van der Waals surface area contributed by atoms with Gasteiger partial charge in [0, 0.05) is 0 Å². The van der Waals surface area contributed by atoms with Crippen molar-refractivity contribution in [1.82, 2.24) is 0 Å². The Kier molecular flexibility index (Phi) is 21.2. The van der Waals surface area contributed by atoms with Gasteiger partial charge in [0.25, 0.3) is 0 Å². The number of benzene rings is 1. The first-order valence-corrected chi connectivity index (χ1v) is 7.69. The molecule has 0 aromatic heterocycles. The predicted octanol–water partition coefficient (Wildman–Crippen LogP) is 6.26. The van der Waals surface area contributed by atoms with Crippen LogP contribution in [-0.4, -0.2) is 18.3 Å². The van der Waals surface area contributed by atoms with Crippen LogP contribution in [0, 0.1) is 0 Å². The summed E-state index contributed by atoms with van der Waals surface area (Å²) in [6.45, 7) is 2.70. The molecular weight excluding hydrogens is 272 g/mol. The van der Waals surface area contributed by atoms with Crippen LogP contribution in [0.15, 0.2) is 24.3 Å². The van der Waals surface area contributed by atoms with Gasteiger partial charge in [0.2, 0.25) is 0 Å². The van der Waals surface area contributed by atoms with Gasteiger partial charge in [-0.1, -0.05) is 79.9 Å². The van der Waals surface area contributed by atoms with Crippen LogP contribution in [0.1, 0.15) is 79.7 Å². The van der Waals surface area contributed by atoms with Crippen molar-refractivity contribution in [2.24, 2.45) is 0 Å². The molecule has 0 fully saturated rings. The molecule has 0 saturated carbocycles. The molecule has 0 amide bonds. The normalized spacial score (nSPS) is 9.18. The van der Waals surface area contributed by atoms with Crippen LogP contribution in [0.4, 0.5) is 0 Å². The second-order valence-corrected chi connectivity index (χ2v) is 5.09. The third-order valence-corrected chi connectivity index (χ3v) is 3.35. The van der Waals surface area contributed by atoms with Crippen LogP contribution in [0.3, 0.4) is 0 Å². The molecule has 0 heterocycles. The van der Waals surface area contributed by atoms with Crippen LogP contribution < -0.4 is 4.74 Å². The van der Waals surface area contributed by atoms with E-state index in [1.807, 2.05) is 12.1 Å². The zero-order valence-electron chi connectivity index (χ0n) is 12.2. The van der Waals surface area contributed by atoms with Gasteiger partial charge in [0.15, 0.2) is 0 Å². The molecule has 0 unspecified atom stereocenters. The average Bonchev–Trinajstić information content (AvgIpc) is 2.45. The molecule has 1 rings (SSSR count). The highest BCUT2D eigenvalue weighted by atomic mass is 16.5. The minimum atomic E-state index is 0. The molecule has 0 atom stereocenters. The Bertz CT molecular complexity index is 306. The van der Waals surface area contributed by atoms with E-state index in [1.54, 1.807) is 0 Å². The van der Waals surface area contributed by atoms with Crippen molar-refractivity contribution in [1.29, 1.82) is 0 Å². The number of aliphatic hydroxyl groups excluding tert-OH is 1. The van der Waals surface area contributed by atoms with Crippen LogP contribution in [0.5, 0.6) is 5.75 Å². The molecule has 1 N–H and O–H groups in total. The first-order valence-electron chi connectivity index (χ1n) is 7.69. The summed E-state index contributed by atoms with van der Waals surface area (Å²) >= 11 is 0. The van der Waals surface area contributed by atoms with Crippen molar-refractivity contribution in [2.75, 3.05) is 13.2 Å². The molecule has 0 saturated heterocycles. The molecular formula is C20H40O2. The first-order chi connectivity index (χ1) is 9.36. The van der Waals surface area contributed by atoms with Crippen molar-refractivity contribution in [2.45, 2.75) is 80.6 Å². The van der Waals surface area contributed by atoms with E-state index < -0.39 is 0 Å². The number of ether oxygens (including phenoxy) is 1. The summed E-state index contributed by atoms with van der Waals surface area (Å²) in [5.41, 5.74) is 1.38. The van der Waals surface area contributed by atoms with E-state index in [2.05, 4.69) is 19.1 Å². The van der Waals surface area contributed by atoms with E-state index in [4.69, 9.17) is 9.84 Å². The Morgan fingerprint density at radius 1 is 0.818 bits per heavy atom. The summed E-state index contributed by atoms with van der Waals surface area (Å²) in [7, 11) is 0. The van der Waals surface area contributed by atoms with Gasteiger partial charge in [-0.3, -0.25) is 0 Å². The summed E-state index contributed by atoms with van der Waals surface area (Å²) in [6.07, 6.45) is 10.6. The average molecular weight is 313 g/mol. The molecule has 2 nitrogen and oxygen atoms in total. The molecule has 1 aromatic rings. The fourth-order valence-corrected chi connectivity index (χ4v) is 2.20. The molecule has 0 bridgehead atoms. The summed E-state index contributed by atoms with van der Waals surface area (Å²) in [6, 6.07) is 8.24. The highest BCUT2D eigenvalue weighted by molar-refractivity contribution is 5.27. The lowest BCUT2D eigenvalue weighted by Crippen LogP contribution is -2.01. The molecule has 132 valence electrons. The molecule has 0 radical (unpaired) electrons. The molecule has 0 aliphatic heterocycles. The summed E-state index contributed by atoms with van der Waals surface area (Å²) in [5, 5.41) is 8.68. The smallest absolute Gasteiger partial charge is 0.119 e. The van der Waals surface area contributed by atoms with Crippen molar-refractivity contribution in [3.8, 4) is 5.75 Å². The standard InChI is InChI=1S/C17H28O2.3CH4/c1-2-3-4-5-6-7-8-9-16-10-12-17(13-11-16)19-15-14-18;;;/h10-13,18H,2-9,14-15H2,1H3;3*1H4. The number of unbranched alkanes of at least 4 members (excludes halogenated alkanes) is 6. The quantitative estimate of drug-likeness (QED) is 0.489. The molecule has 0 aliphatic carbocycles. The summed E-state index contributed by atoms with van der Waals surface area (Å²) < 4.78 is 5.34. The Labute approximate surface area is 139 Å². The van der Waals surface area contributed by atoms with Crippen molar-refractivity contribution >= 4 is 0 Å². The summed E-state index contributed by atoms with van der Waals surface area (Å²) in [4.78, 5) is 0. The third kappa shape index (κ3) is 12.7. The Hall–Kier alpha value is -1.02. The van der Waals surface area contributed by atoms with Crippen LogP contribution in [0.25, 0.3) is 0 Å². The van der Waals surface area contributed by atoms with E-state index in [0.29, 0.717) is 6.61 Å². The maximum Gasteiger partial charge on any atom is 0.119 e. The molecule has 2 heteroatoms. The number of hydrogen-bond donors (Lipinski definition) is 1. The van der Waals surface area contributed by atoms with Crippen LogP contribution in [0.2, 0.25) is 0 Å². The maximum absolute atomic E-state index is 8.68. The lowest BCUT2D eigenvalue weighted by Gasteiger charge is -2.06. The Morgan fingerprint density at radius 2 is 1.36 bits per heavy atom. The molecule has 0 aliphatic rings. The fourth-order valence-electron chi connectivity index (χ4n) is 2.20. The van der Waals surface area contributed by atoms with Gasteiger partial charge in [-0.05, 0) is 30.5 Å². The van der Waals surface area contributed by atoms with E-state index in [1.165, 1.54) is 50.5 Å². The third-order valence-electron chi connectivity index (χ3n) is 3.35. The minimum absolute atomic E-state index is 0. The number of hydrogen-bond acceptors (Lipinski definition) is 2. The lowest BCUT2D eigenvalue weighted by molar-refractivity contribution is 0.201. The van der Waals surface area contributed by atoms with Gasteiger partial charge in [0.05, 0.1) is 6.61 Å².